The Kier molecular flexibility index (Phi) is 9.85. The van der Waals surface area contributed by atoms with Gasteiger partial charge in [-0.3, -0.25) is 0 Å². The molecule has 1 aromatic heterocycles. The fraction of sp³-hybridized carbons (Fsp3) is 0.229. The van der Waals surface area contributed by atoms with Crippen molar-refractivity contribution in [1.82, 2.24) is 0 Å². The number of benzene rings is 4. The van der Waals surface area contributed by atoms with Gasteiger partial charge in [0.1, 0.15) is 24.3 Å². The van der Waals surface area contributed by atoms with Crippen LogP contribution in [-0.4, -0.2) is 27.5 Å². The maximum Gasteiger partial charge on any atom is 0.212 e. The molecule has 4 nitrogen and oxygen atoms in total. The number of pyridine rings is 1. The van der Waals surface area contributed by atoms with Gasteiger partial charge in [0.25, 0.3) is 0 Å². The van der Waals surface area contributed by atoms with Crippen LogP contribution < -0.4 is 35.2 Å². The van der Waals surface area contributed by atoms with Gasteiger partial charge in [-0.15, -0.1) is 0 Å². The standard InChI is InChI=1S/C25H30BO3.C10H10N/c1-5-6-19-26(20-7-13-23(27-2)14-8-20,21-9-15-24(28-3)16-10-21)22-11-17-25(29-4)18-12-22;1-11-8-4-6-9-5-2-3-7-10(9)11/h7-18H,5-6,19H2,1-4H3;2-8H,1H3/q-1;+1. The molecule has 0 aliphatic rings. The number of unbranched alkanes of at least 4 members (excludes halogenated alkanes) is 1. The van der Waals surface area contributed by atoms with E-state index < -0.39 is 6.15 Å². The van der Waals surface area contributed by atoms with Crippen LogP contribution in [0.25, 0.3) is 10.9 Å². The van der Waals surface area contributed by atoms with E-state index in [-0.39, 0.29) is 0 Å². The van der Waals surface area contributed by atoms with Crippen molar-refractivity contribution in [1.29, 1.82) is 0 Å². The van der Waals surface area contributed by atoms with Gasteiger partial charge in [0.2, 0.25) is 5.52 Å². The summed E-state index contributed by atoms with van der Waals surface area (Å²) in [7, 11) is 7.18. The number of hydrogen-bond donors (Lipinski definition) is 0. The average molecular weight is 534 g/mol. The van der Waals surface area contributed by atoms with Crippen molar-refractivity contribution in [2.45, 2.75) is 26.1 Å². The molecule has 0 aliphatic heterocycles. The molecular weight excluding hydrogens is 493 g/mol. The summed E-state index contributed by atoms with van der Waals surface area (Å²) in [4.78, 5) is 0. The maximum atomic E-state index is 5.41. The SMILES string of the molecule is CCCC[B-](c1ccc(OC)cc1)(c1ccc(OC)cc1)c1ccc(OC)cc1.C[n+]1cccc2ccccc21. The maximum absolute atomic E-state index is 5.41. The van der Waals surface area contributed by atoms with Crippen molar-refractivity contribution in [2.75, 3.05) is 21.3 Å². The van der Waals surface area contributed by atoms with Crippen molar-refractivity contribution in [3.63, 3.8) is 0 Å². The van der Waals surface area contributed by atoms with Crippen molar-refractivity contribution in [3.05, 3.63) is 115 Å². The van der Waals surface area contributed by atoms with Gasteiger partial charge < -0.3 is 14.2 Å². The van der Waals surface area contributed by atoms with Gasteiger partial charge in [-0.1, -0.05) is 68.3 Å². The number of nitrogens with zero attached hydrogens (tertiary/aromatic N) is 1. The van der Waals surface area contributed by atoms with Crippen LogP contribution >= 0.6 is 0 Å². The van der Waals surface area contributed by atoms with Gasteiger partial charge in [-0.2, -0.15) is 22.7 Å². The first-order valence-electron chi connectivity index (χ1n) is 14.0. The number of aromatic nitrogens is 1. The minimum Gasteiger partial charge on any atom is -0.497 e. The lowest BCUT2D eigenvalue weighted by molar-refractivity contribution is -0.644. The first kappa shape index (κ1) is 28.8. The molecule has 1 heterocycles. The molecule has 40 heavy (non-hydrogen) atoms. The highest BCUT2D eigenvalue weighted by Crippen LogP contribution is 2.21. The molecule has 0 bridgehead atoms. The molecule has 0 aliphatic carbocycles. The predicted molar refractivity (Wildman–Crippen MR) is 168 cm³/mol. The summed E-state index contributed by atoms with van der Waals surface area (Å²) in [5, 5.41) is 1.29. The monoisotopic (exact) mass is 533 g/mol. The number of hydrogen-bond acceptors (Lipinski definition) is 3. The number of methoxy groups -OCH3 is 3. The van der Waals surface area contributed by atoms with E-state index >= 15 is 0 Å². The third kappa shape index (κ3) is 6.31. The summed E-state index contributed by atoms with van der Waals surface area (Å²) in [6.07, 6.45) is 4.27. The first-order chi connectivity index (χ1) is 19.5. The Hall–Kier alpha value is -4.25. The van der Waals surface area contributed by atoms with Crippen molar-refractivity contribution >= 4 is 33.4 Å². The van der Waals surface area contributed by atoms with E-state index in [0.29, 0.717) is 0 Å². The third-order valence-electron chi connectivity index (χ3n) is 7.95. The van der Waals surface area contributed by atoms with E-state index in [4.69, 9.17) is 14.2 Å². The van der Waals surface area contributed by atoms with Gasteiger partial charge in [0, 0.05) is 17.5 Å². The van der Waals surface area contributed by atoms with E-state index in [0.717, 1.165) is 36.4 Å². The van der Waals surface area contributed by atoms with Crippen LogP contribution in [0.5, 0.6) is 17.2 Å². The van der Waals surface area contributed by atoms with Crippen LogP contribution in [0.1, 0.15) is 19.8 Å². The summed E-state index contributed by atoms with van der Waals surface area (Å²) in [6, 6.07) is 38.2. The molecule has 5 rings (SSSR count). The molecule has 4 aromatic carbocycles. The zero-order valence-corrected chi connectivity index (χ0v) is 24.3. The fourth-order valence-corrected chi connectivity index (χ4v) is 5.69. The third-order valence-corrected chi connectivity index (χ3v) is 7.95. The largest absolute Gasteiger partial charge is 0.497 e. The van der Waals surface area contributed by atoms with Crippen LogP contribution in [0.2, 0.25) is 6.32 Å². The predicted octanol–water partition coefficient (Wildman–Crippen LogP) is 5.65. The second-order valence-corrected chi connectivity index (χ2v) is 10.2. The number of rotatable bonds is 9. The lowest BCUT2D eigenvalue weighted by Crippen LogP contribution is -2.66. The molecule has 0 unspecified atom stereocenters. The highest BCUT2D eigenvalue weighted by Gasteiger charge is 2.29. The number of fused-ring (bicyclic) bond motifs is 1. The Bertz CT molecular complexity index is 1360. The zero-order valence-electron chi connectivity index (χ0n) is 24.3. The fourth-order valence-electron chi connectivity index (χ4n) is 5.69. The minimum atomic E-state index is -1.14. The molecule has 0 fully saturated rings. The second-order valence-electron chi connectivity index (χ2n) is 10.2. The molecule has 0 amide bonds. The average Bonchev–Trinajstić information content (AvgIpc) is 3.03. The molecular formula is C35H40BNO3. The Morgan fingerprint density at radius 2 is 1.00 bits per heavy atom. The second kappa shape index (κ2) is 13.7. The highest BCUT2D eigenvalue weighted by molar-refractivity contribution is 7.11. The van der Waals surface area contributed by atoms with Crippen LogP contribution in [-0.2, 0) is 7.05 Å². The Balaban J connectivity index is 0.000000278. The minimum absolute atomic E-state index is 0.874. The van der Waals surface area contributed by atoms with Crippen LogP contribution in [0.15, 0.2) is 115 Å². The Morgan fingerprint density at radius 3 is 1.40 bits per heavy atom. The van der Waals surface area contributed by atoms with Crippen LogP contribution in [0, 0.1) is 0 Å². The van der Waals surface area contributed by atoms with E-state index in [1.54, 1.807) is 21.3 Å². The summed E-state index contributed by atoms with van der Waals surface area (Å²) in [5.74, 6) is 2.62. The molecule has 5 heteroatoms. The van der Waals surface area contributed by atoms with Gasteiger partial charge in [-0.25, -0.2) is 4.57 Å². The molecule has 206 valence electrons. The lowest BCUT2D eigenvalue weighted by Gasteiger charge is -2.43. The lowest BCUT2D eigenvalue weighted by atomic mass is 9.14. The topological polar surface area (TPSA) is 31.6 Å². The molecule has 0 saturated carbocycles. The molecule has 0 atom stereocenters. The van der Waals surface area contributed by atoms with Gasteiger partial charge in [0.15, 0.2) is 6.20 Å². The van der Waals surface area contributed by atoms with Crippen molar-refractivity contribution in [2.24, 2.45) is 7.05 Å². The number of aryl methyl sites for hydroxylation is 1. The quantitative estimate of drug-likeness (QED) is 0.181. The molecule has 0 spiro atoms. The summed E-state index contributed by atoms with van der Waals surface area (Å²) in [6.45, 7) is 2.25. The van der Waals surface area contributed by atoms with E-state index in [9.17, 15) is 0 Å². The van der Waals surface area contributed by atoms with Gasteiger partial charge >= 0.3 is 0 Å². The van der Waals surface area contributed by atoms with Crippen LogP contribution in [0.4, 0.5) is 0 Å². The van der Waals surface area contributed by atoms with E-state index in [1.165, 1.54) is 27.3 Å². The normalized spacial score (nSPS) is 10.9. The molecule has 0 N–H and O–H groups in total. The van der Waals surface area contributed by atoms with Crippen molar-refractivity contribution < 1.29 is 18.8 Å². The van der Waals surface area contributed by atoms with E-state index in [1.807, 2.05) is 0 Å². The summed E-state index contributed by atoms with van der Waals surface area (Å²) < 4.78 is 18.3. The first-order valence-corrected chi connectivity index (χ1v) is 14.0. The summed E-state index contributed by atoms with van der Waals surface area (Å²) in [5.41, 5.74) is 5.22. The van der Waals surface area contributed by atoms with Crippen molar-refractivity contribution in [3.8, 4) is 17.2 Å². The van der Waals surface area contributed by atoms with E-state index in [2.05, 4.69) is 134 Å². The Morgan fingerprint density at radius 1 is 0.575 bits per heavy atom. The molecule has 0 radical (unpaired) electrons. The summed E-state index contributed by atoms with van der Waals surface area (Å²) >= 11 is 0. The number of para-hydroxylation sites is 1. The highest BCUT2D eigenvalue weighted by atomic mass is 16.5. The molecule has 0 saturated heterocycles. The molecule has 5 aromatic rings. The number of ether oxygens (including phenoxy) is 3. The van der Waals surface area contributed by atoms with Gasteiger partial charge in [-0.05, 0) is 48.5 Å². The zero-order chi connectivity index (χ0) is 28.4. The smallest absolute Gasteiger partial charge is 0.212 e. The van der Waals surface area contributed by atoms with Gasteiger partial charge in [0.05, 0.1) is 27.5 Å². The van der Waals surface area contributed by atoms with Crippen LogP contribution in [0.3, 0.4) is 0 Å². The Labute approximate surface area is 239 Å².